The lowest BCUT2D eigenvalue weighted by molar-refractivity contribution is -0.384. The summed E-state index contributed by atoms with van der Waals surface area (Å²) in [6, 6.07) is 4.32. The molecule has 0 heterocycles. The Morgan fingerprint density at radius 3 is 2.65 bits per heavy atom. The highest BCUT2D eigenvalue weighted by Crippen LogP contribution is 2.25. The molecule has 1 aromatic carbocycles. The van der Waals surface area contributed by atoms with Crippen LogP contribution in [-0.4, -0.2) is 49.5 Å². The maximum atomic E-state index is 11.7. The molecular formula is C13H20N4O3. The van der Waals surface area contributed by atoms with Crippen LogP contribution in [0.25, 0.3) is 0 Å². The molecule has 20 heavy (non-hydrogen) atoms. The van der Waals surface area contributed by atoms with Crippen LogP contribution in [0.4, 0.5) is 11.4 Å². The summed E-state index contributed by atoms with van der Waals surface area (Å²) in [5, 5.41) is 16.6. The third-order valence-corrected chi connectivity index (χ3v) is 2.67. The fourth-order valence-electron chi connectivity index (χ4n) is 1.65. The Hall–Kier alpha value is -2.15. The van der Waals surface area contributed by atoms with Gasteiger partial charge < -0.3 is 15.5 Å². The Morgan fingerprint density at radius 2 is 2.10 bits per heavy atom. The number of benzene rings is 1. The van der Waals surface area contributed by atoms with Crippen molar-refractivity contribution < 1.29 is 9.72 Å². The highest BCUT2D eigenvalue weighted by molar-refractivity contribution is 5.95. The van der Waals surface area contributed by atoms with Crippen LogP contribution in [0.1, 0.15) is 17.3 Å². The van der Waals surface area contributed by atoms with Crippen LogP contribution in [0.15, 0.2) is 18.2 Å². The highest BCUT2D eigenvalue weighted by Gasteiger charge is 2.16. The molecule has 0 bridgehead atoms. The molecule has 0 saturated carbocycles. The zero-order valence-corrected chi connectivity index (χ0v) is 12.0. The number of nitro groups is 1. The number of nitro benzene ring substituents is 1. The topological polar surface area (TPSA) is 87.5 Å². The second-order valence-electron chi connectivity index (χ2n) is 4.58. The van der Waals surface area contributed by atoms with Gasteiger partial charge in [0.2, 0.25) is 0 Å². The first kappa shape index (κ1) is 15.9. The highest BCUT2D eigenvalue weighted by atomic mass is 16.6. The van der Waals surface area contributed by atoms with Crippen LogP contribution in [0.3, 0.4) is 0 Å². The second kappa shape index (κ2) is 7.44. The first-order valence-electron chi connectivity index (χ1n) is 6.41. The van der Waals surface area contributed by atoms with Gasteiger partial charge >= 0.3 is 0 Å². The van der Waals surface area contributed by atoms with Crippen molar-refractivity contribution in [2.24, 2.45) is 0 Å². The molecule has 2 N–H and O–H groups in total. The smallest absolute Gasteiger partial charge is 0.292 e. The van der Waals surface area contributed by atoms with Gasteiger partial charge in [-0.05, 0) is 33.2 Å². The standard InChI is InChI=1S/C13H20N4O3/c1-4-14-13(18)10-5-6-12(17(19)20)11(9-10)15-7-8-16(2)3/h5-6,9,15H,4,7-8H2,1-3H3,(H,14,18). The summed E-state index contributed by atoms with van der Waals surface area (Å²) >= 11 is 0. The van der Waals surface area contributed by atoms with E-state index in [0.29, 0.717) is 24.3 Å². The molecule has 0 aliphatic carbocycles. The quantitative estimate of drug-likeness (QED) is 0.581. The van der Waals surface area contributed by atoms with Crippen LogP contribution >= 0.6 is 0 Å². The van der Waals surface area contributed by atoms with E-state index in [1.165, 1.54) is 18.2 Å². The van der Waals surface area contributed by atoms with E-state index in [1.807, 2.05) is 25.9 Å². The Morgan fingerprint density at radius 1 is 1.40 bits per heavy atom. The molecule has 1 amide bonds. The van der Waals surface area contributed by atoms with Crippen LogP contribution in [-0.2, 0) is 0 Å². The predicted molar refractivity (Wildman–Crippen MR) is 78.1 cm³/mol. The monoisotopic (exact) mass is 280 g/mol. The first-order chi connectivity index (χ1) is 9.45. The van der Waals surface area contributed by atoms with Gasteiger partial charge in [0.15, 0.2) is 0 Å². The first-order valence-corrected chi connectivity index (χ1v) is 6.41. The van der Waals surface area contributed by atoms with Gasteiger partial charge in [-0.2, -0.15) is 0 Å². The van der Waals surface area contributed by atoms with Crippen molar-refractivity contribution in [3.05, 3.63) is 33.9 Å². The van der Waals surface area contributed by atoms with Gasteiger partial charge in [0, 0.05) is 31.3 Å². The Labute approximate surface area is 118 Å². The normalized spacial score (nSPS) is 10.4. The average molecular weight is 280 g/mol. The zero-order valence-electron chi connectivity index (χ0n) is 12.0. The number of likely N-dealkylation sites (N-methyl/N-ethyl adjacent to an activating group) is 1. The summed E-state index contributed by atoms with van der Waals surface area (Å²) in [6.45, 7) is 3.63. The molecule has 0 fully saturated rings. The minimum absolute atomic E-state index is 0.0307. The van der Waals surface area contributed by atoms with Crippen molar-refractivity contribution in [3.63, 3.8) is 0 Å². The number of amides is 1. The number of hydrogen-bond donors (Lipinski definition) is 2. The molecule has 110 valence electrons. The number of anilines is 1. The largest absolute Gasteiger partial charge is 0.378 e. The fourth-order valence-corrected chi connectivity index (χ4v) is 1.65. The van der Waals surface area contributed by atoms with E-state index in [4.69, 9.17) is 0 Å². The SMILES string of the molecule is CCNC(=O)c1ccc([N+](=O)[O-])c(NCCN(C)C)c1. The van der Waals surface area contributed by atoms with E-state index in [1.54, 1.807) is 0 Å². The predicted octanol–water partition coefficient (Wildman–Crippen LogP) is 1.32. The molecule has 7 nitrogen and oxygen atoms in total. The summed E-state index contributed by atoms with van der Waals surface area (Å²) in [6.07, 6.45) is 0. The second-order valence-corrected chi connectivity index (χ2v) is 4.58. The van der Waals surface area contributed by atoms with E-state index in [-0.39, 0.29) is 11.6 Å². The average Bonchev–Trinajstić information content (AvgIpc) is 2.38. The van der Waals surface area contributed by atoms with E-state index >= 15 is 0 Å². The summed E-state index contributed by atoms with van der Waals surface area (Å²) in [7, 11) is 3.84. The van der Waals surface area contributed by atoms with E-state index in [2.05, 4.69) is 10.6 Å². The summed E-state index contributed by atoms with van der Waals surface area (Å²) < 4.78 is 0. The maximum Gasteiger partial charge on any atom is 0.292 e. The molecule has 1 rings (SSSR count). The van der Waals surface area contributed by atoms with Gasteiger partial charge in [-0.3, -0.25) is 14.9 Å². The minimum atomic E-state index is -0.459. The number of nitrogens with zero attached hydrogens (tertiary/aromatic N) is 2. The summed E-state index contributed by atoms with van der Waals surface area (Å²) in [5.74, 6) is -0.238. The molecular weight excluding hydrogens is 260 g/mol. The summed E-state index contributed by atoms with van der Waals surface area (Å²) in [5.41, 5.74) is 0.738. The lowest BCUT2D eigenvalue weighted by atomic mass is 10.1. The van der Waals surface area contributed by atoms with Gasteiger partial charge in [0.25, 0.3) is 11.6 Å². The van der Waals surface area contributed by atoms with E-state index < -0.39 is 4.92 Å². The Kier molecular flexibility index (Phi) is 5.92. The van der Waals surface area contributed by atoms with Gasteiger partial charge in [-0.25, -0.2) is 0 Å². The number of carbonyl (C=O) groups excluding carboxylic acids is 1. The van der Waals surface area contributed by atoms with Crippen molar-refractivity contribution in [3.8, 4) is 0 Å². The molecule has 0 radical (unpaired) electrons. The third-order valence-electron chi connectivity index (χ3n) is 2.67. The third kappa shape index (κ3) is 4.51. The zero-order chi connectivity index (χ0) is 15.1. The minimum Gasteiger partial charge on any atom is -0.378 e. The van der Waals surface area contributed by atoms with Crippen molar-refractivity contribution in [1.29, 1.82) is 0 Å². The fraction of sp³-hybridized carbons (Fsp3) is 0.462. The number of rotatable bonds is 7. The lowest BCUT2D eigenvalue weighted by Crippen LogP contribution is -2.23. The number of carbonyl (C=O) groups is 1. The molecule has 0 unspecified atom stereocenters. The van der Waals surface area contributed by atoms with Gasteiger partial charge in [-0.15, -0.1) is 0 Å². The van der Waals surface area contributed by atoms with Gasteiger partial charge in [0.05, 0.1) is 4.92 Å². The van der Waals surface area contributed by atoms with Crippen molar-refractivity contribution in [1.82, 2.24) is 10.2 Å². The summed E-state index contributed by atoms with van der Waals surface area (Å²) in [4.78, 5) is 24.2. The van der Waals surface area contributed by atoms with Crippen LogP contribution in [0, 0.1) is 10.1 Å². The molecule has 0 atom stereocenters. The Balaban J connectivity index is 2.93. The van der Waals surface area contributed by atoms with Crippen LogP contribution in [0.5, 0.6) is 0 Å². The van der Waals surface area contributed by atoms with Gasteiger partial charge in [-0.1, -0.05) is 0 Å². The molecule has 0 aliphatic heterocycles. The number of hydrogen-bond acceptors (Lipinski definition) is 5. The Bertz CT molecular complexity index is 489. The van der Waals surface area contributed by atoms with Crippen LogP contribution in [0.2, 0.25) is 0 Å². The molecule has 1 aromatic rings. The molecule has 0 aliphatic rings. The van der Waals surface area contributed by atoms with E-state index in [9.17, 15) is 14.9 Å². The molecule has 0 saturated heterocycles. The lowest BCUT2D eigenvalue weighted by Gasteiger charge is -2.12. The molecule has 7 heteroatoms. The molecule has 0 aromatic heterocycles. The molecule has 0 spiro atoms. The van der Waals surface area contributed by atoms with Crippen molar-refractivity contribution in [2.45, 2.75) is 6.92 Å². The number of nitrogens with one attached hydrogen (secondary N) is 2. The maximum absolute atomic E-state index is 11.7. The van der Waals surface area contributed by atoms with Crippen molar-refractivity contribution in [2.75, 3.05) is 39.0 Å². The van der Waals surface area contributed by atoms with Crippen LogP contribution < -0.4 is 10.6 Å². The van der Waals surface area contributed by atoms with E-state index in [0.717, 1.165) is 6.54 Å². The van der Waals surface area contributed by atoms with Crippen molar-refractivity contribution >= 4 is 17.3 Å². The van der Waals surface area contributed by atoms with Gasteiger partial charge in [0.1, 0.15) is 5.69 Å².